The summed E-state index contributed by atoms with van der Waals surface area (Å²) >= 11 is 2.06. The maximum absolute atomic E-state index is 2.54. The van der Waals surface area contributed by atoms with Gasteiger partial charge in [0.05, 0.1) is 0 Å². The molecule has 1 aliphatic rings. The number of thioether (sulfide) groups is 1. The van der Waals surface area contributed by atoms with Crippen LogP contribution in [-0.4, -0.2) is 28.6 Å². The average molecular weight is 159 g/mol. The molecule has 1 rings (SSSR count). The molecule has 0 unspecified atom stereocenters. The fourth-order valence-electron chi connectivity index (χ4n) is 1.13. The Morgan fingerprint density at radius 1 is 1.30 bits per heavy atom. The molecule has 0 atom stereocenters. The lowest BCUT2D eigenvalue weighted by Crippen LogP contribution is -2.43. The number of nitrogens with zero attached hydrogens (tertiary/aromatic N) is 1. The van der Waals surface area contributed by atoms with Crippen molar-refractivity contribution in [3.8, 4) is 0 Å². The van der Waals surface area contributed by atoms with Crippen molar-refractivity contribution in [3.05, 3.63) is 0 Å². The Labute approximate surface area is 68.2 Å². The van der Waals surface area contributed by atoms with E-state index in [1.165, 1.54) is 24.6 Å². The minimum absolute atomic E-state index is 0.382. The first-order valence-corrected chi connectivity index (χ1v) is 5.09. The summed E-state index contributed by atoms with van der Waals surface area (Å²) in [4.78, 5) is 2.54. The van der Waals surface area contributed by atoms with E-state index in [1.54, 1.807) is 0 Å². The van der Waals surface area contributed by atoms with Crippen molar-refractivity contribution in [2.75, 3.05) is 18.2 Å². The first-order valence-electron chi connectivity index (χ1n) is 3.93. The van der Waals surface area contributed by atoms with Crippen LogP contribution in [0.5, 0.6) is 0 Å². The molecule has 10 heavy (non-hydrogen) atoms. The van der Waals surface area contributed by atoms with Crippen LogP contribution < -0.4 is 0 Å². The molecule has 0 aromatic rings. The standard InChI is InChI=1S/C8H17NS/c1-8(2,3)9-5-4-6-10-7-9/h4-7H2,1-3H3. The monoisotopic (exact) mass is 159 g/mol. The Bertz CT molecular complexity index is 100. The average Bonchev–Trinajstić information content (AvgIpc) is 1.88. The lowest BCUT2D eigenvalue weighted by Gasteiger charge is -2.37. The van der Waals surface area contributed by atoms with Gasteiger partial charge in [0.15, 0.2) is 0 Å². The van der Waals surface area contributed by atoms with E-state index in [0.29, 0.717) is 5.54 Å². The van der Waals surface area contributed by atoms with Crippen molar-refractivity contribution in [1.82, 2.24) is 4.90 Å². The third kappa shape index (κ3) is 2.17. The Kier molecular flexibility index (Phi) is 2.64. The van der Waals surface area contributed by atoms with E-state index in [-0.39, 0.29) is 0 Å². The van der Waals surface area contributed by atoms with Crippen molar-refractivity contribution >= 4 is 11.8 Å². The first kappa shape index (κ1) is 8.41. The van der Waals surface area contributed by atoms with Gasteiger partial charge in [0, 0.05) is 18.0 Å². The summed E-state index contributed by atoms with van der Waals surface area (Å²) in [5.41, 5.74) is 0.382. The second-order valence-electron chi connectivity index (χ2n) is 3.83. The minimum atomic E-state index is 0.382. The molecule has 1 nitrogen and oxygen atoms in total. The molecule has 0 aromatic carbocycles. The van der Waals surface area contributed by atoms with Gasteiger partial charge < -0.3 is 0 Å². The van der Waals surface area contributed by atoms with Gasteiger partial charge in [0.2, 0.25) is 0 Å². The van der Waals surface area contributed by atoms with Crippen LogP contribution in [0.1, 0.15) is 27.2 Å². The molecular formula is C8H17NS. The molecule has 0 saturated carbocycles. The fraction of sp³-hybridized carbons (Fsp3) is 1.00. The summed E-state index contributed by atoms with van der Waals surface area (Å²) in [5, 5.41) is 0. The van der Waals surface area contributed by atoms with Crippen LogP contribution in [0.25, 0.3) is 0 Å². The van der Waals surface area contributed by atoms with Gasteiger partial charge in [-0.25, -0.2) is 0 Å². The minimum Gasteiger partial charge on any atom is -0.289 e. The highest BCUT2D eigenvalue weighted by Crippen LogP contribution is 2.21. The van der Waals surface area contributed by atoms with Crippen LogP contribution in [0.2, 0.25) is 0 Å². The zero-order valence-corrected chi connectivity index (χ0v) is 8.00. The lowest BCUT2D eigenvalue weighted by molar-refractivity contribution is 0.163. The van der Waals surface area contributed by atoms with E-state index in [1.807, 2.05) is 0 Å². The molecule has 0 spiro atoms. The molecule has 0 aromatic heterocycles. The van der Waals surface area contributed by atoms with Crippen LogP contribution >= 0.6 is 11.8 Å². The van der Waals surface area contributed by atoms with E-state index < -0.39 is 0 Å². The maximum Gasteiger partial charge on any atom is 0.0449 e. The lowest BCUT2D eigenvalue weighted by atomic mass is 10.1. The van der Waals surface area contributed by atoms with E-state index in [2.05, 4.69) is 37.4 Å². The van der Waals surface area contributed by atoms with E-state index in [9.17, 15) is 0 Å². The zero-order valence-electron chi connectivity index (χ0n) is 7.18. The van der Waals surface area contributed by atoms with Gasteiger partial charge in [-0.2, -0.15) is 0 Å². The third-order valence-corrected chi connectivity index (χ3v) is 2.98. The van der Waals surface area contributed by atoms with Crippen LogP contribution in [0, 0.1) is 0 Å². The van der Waals surface area contributed by atoms with Crippen LogP contribution in [0.4, 0.5) is 0 Å². The summed E-state index contributed by atoms with van der Waals surface area (Å²) < 4.78 is 0. The highest BCUT2D eigenvalue weighted by atomic mass is 32.2. The van der Waals surface area contributed by atoms with E-state index in [4.69, 9.17) is 0 Å². The molecule has 0 aliphatic carbocycles. The van der Waals surface area contributed by atoms with Crippen LogP contribution in [0.15, 0.2) is 0 Å². The Hall–Kier alpha value is 0.310. The fourth-order valence-corrected chi connectivity index (χ4v) is 2.32. The van der Waals surface area contributed by atoms with Gasteiger partial charge in [-0.15, -0.1) is 11.8 Å². The Morgan fingerprint density at radius 3 is 2.30 bits per heavy atom. The number of hydrogen-bond acceptors (Lipinski definition) is 2. The maximum atomic E-state index is 2.54. The van der Waals surface area contributed by atoms with Gasteiger partial charge >= 0.3 is 0 Å². The summed E-state index contributed by atoms with van der Waals surface area (Å²) in [5.74, 6) is 2.58. The van der Waals surface area contributed by atoms with Crippen molar-refractivity contribution in [1.29, 1.82) is 0 Å². The second kappa shape index (κ2) is 3.14. The predicted octanol–water partition coefficient (Wildman–Crippen LogP) is 2.18. The Balaban J connectivity index is 2.39. The van der Waals surface area contributed by atoms with Gasteiger partial charge in [0.1, 0.15) is 0 Å². The van der Waals surface area contributed by atoms with Crippen molar-refractivity contribution in [2.24, 2.45) is 0 Å². The van der Waals surface area contributed by atoms with Crippen molar-refractivity contribution < 1.29 is 0 Å². The quantitative estimate of drug-likeness (QED) is 0.533. The van der Waals surface area contributed by atoms with Gasteiger partial charge in [-0.05, 0) is 32.9 Å². The molecule has 0 amide bonds. The van der Waals surface area contributed by atoms with E-state index >= 15 is 0 Å². The summed E-state index contributed by atoms with van der Waals surface area (Å²) in [7, 11) is 0. The highest BCUT2D eigenvalue weighted by molar-refractivity contribution is 7.99. The topological polar surface area (TPSA) is 3.24 Å². The molecule has 0 bridgehead atoms. The molecule has 1 heterocycles. The summed E-state index contributed by atoms with van der Waals surface area (Å²) in [6.07, 6.45) is 1.36. The Morgan fingerprint density at radius 2 is 2.00 bits per heavy atom. The van der Waals surface area contributed by atoms with Gasteiger partial charge in [-0.3, -0.25) is 4.90 Å². The third-order valence-electron chi connectivity index (χ3n) is 1.91. The smallest absolute Gasteiger partial charge is 0.0449 e. The van der Waals surface area contributed by atoms with Gasteiger partial charge in [0.25, 0.3) is 0 Å². The summed E-state index contributed by atoms with van der Waals surface area (Å²) in [6.45, 7) is 8.16. The molecule has 1 fully saturated rings. The van der Waals surface area contributed by atoms with Crippen LogP contribution in [-0.2, 0) is 0 Å². The SMILES string of the molecule is CC(C)(C)N1CCCSC1. The number of hydrogen-bond donors (Lipinski definition) is 0. The van der Waals surface area contributed by atoms with Gasteiger partial charge in [-0.1, -0.05) is 0 Å². The first-order chi connectivity index (χ1) is 4.61. The molecule has 60 valence electrons. The molecule has 2 heteroatoms. The molecular weight excluding hydrogens is 142 g/mol. The van der Waals surface area contributed by atoms with Crippen LogP contribution in [0.3, 0.4) is 0 Å². The largest absolute Gasteiger partial charge is 0.289 e. The molecule has 0 N–H and O–H groups in total. The molecule has 1 saturated heterocycles. The zero-order chi connectivity index (χ0) is 7.61. The molecule has 1 aliphatic heterocycles. The second-order valence-corrected chi connectivity index (χ2v) is 4.90. The normalized spacial score (nSPS) is 23.1. The molecule has 0 radical (unpaired) electrons. The predicted molar refractivity (Wildman–Crippen MR) is 48.4 cm³/mol. The van der Waals surface area contributed by atoms with Crippen molar-refractivity contribution in [3.63, 3.8) is 0 Å². The highest BCUT2D eigenvalue weighted by Gasteiger charge is 2.22. The summed E-state index contributed by atoms with van der Waals surface area (Å²) in [6, 6.07) is 0. The number of rotatable bonds is 0. The van der Waals surface area contributed by atoms with Crippen molar-refractivity contribution in [2.45, 2.75) is 32.7 Å². The van der Waals surface area contributed by atoms with E-state index in [0.717, 1.165) is 0 Å².